The lowest BCUT2D eigenvalue weighted by molar-refractivity contribution is -0.137. The van der Waals surface area contributed by atoms with Crippen molar-refractivity contribution in [2.24, 2.45) is 0 Å². The average molecular weight is 294 g/mol. The third-order valence-electron chi connectivity index (χ3n) is 2.61. The molecule has 1 N–H and O–H groups in total. The zero-order valence-electron chi connectivity index (χ0n) is 10.4. The van der Waals surface area contributed by atoms with E-state index < -0.39 is 11.7 Å². The molecular weight excluding hydrogens is 279 g/mol. The molecule has 1 aromatic carbocycles. The molecule has 0 aromatic heterocycles. The van der Waals surface area contributed by atoms with Crippen LogP contribution in [0.4, 0.5) is 13.2 Å². The number of hydrogen-bond acceptors (Lipinski definition) is 1. The number of rotatable bonds is 5. The van der Waals surface area contributed by atoms with Crippen molar-refractivity contribution in [3.8, 4) is 0 Å². The van der Waals surface area contributed by atoms with Crippen LogP contribution in [0.3, 0.4) is 0 Å². The first-order chi connectivity index (χ1) is 8.82. The number of halogens is 4. The smallest absolute Gasteiger partial charge is 0.354 e. The number of carbonyl (C=O) groups is 1. The Labute approximate surface area is 114 Å². The topological polar surface area (TPSA) is 29.1 Å². The summed E-state index contributed by atoms with van der Waals surface area (Å²) in [6.07, 6.45) is -3.57. The molecule has 6 heteroatoms. The standard InChI is InChI=1S/C13H15ClF3NO/c1-2-11(14)8-18-12(19)7-9-3-5-10(6-4-9)13(15,16)17/h3-6,11H,2,7-8H2,1H3,(H,18,19). The second-order valence-electron chi connectivity index (χ2n) is 4.18. The molecule has 0 heterocycles. The second kappa shape index (κ2) is 6.80. The molecule has 2 nitrogen and oxygen atoms in total. The zero-order chi connectivity index (χ0) is 14.5. The highest BCUT2D eigenvalue weighted by molar-refractivity contribution is 6.20. The van der Waals surface area contributed by atoms with Gasteiger partial charge in [-0.3, -0.25) is 4.79 Å². The Hall–Kier alpha value is -1.23. The summed E-state index contributed by atoms with van der Waals surface area (Å²) in [6.45, 7) is 2.26. The van der Waals surface area contributed by atoms with E-state index in [0.29, 0.717) is 12.1 Å². The summed E-state index contributed by atoms with van der Waals surface area (Å²) in [7, 11) is 0. The molecular formula is C13H15ClF3NO. The fourth-order valence-corrected chi connectivity index (χ4v) is 1.51. The molecule has 0 saturated carbocycles. The van der Waals surface area contributed by atoms with Crippen molar-refractivity contribution < 1.29 is 18.0 Å². The van der Waals surface area contributed by atoms with Crippen LogP contribution in [0.25, 0.3) is 0 Å². The summed E-state index contributed by atoms with van der Waals surface area (Å²) in [5, 5.41) is 2.51. The first kappa shape index (κ1) is 15.8. The number of alkyl halides is 4. The van der Waals surface area contributed by atoms with Gasteiger partial charge in [0, 0.05) is 6.54 Å². The molecule has 0 spiro atoms. The third-order valence-corrected chi connectivity index (χ3v) is 3.07. The maximum Gasteiger partial charge on any atom is 0.416 e. The number of amides is 1. The summed E-state index contributed by atoms with van der Waals surface area (Å²) in [5.74, 6) is -0.251. The fourth-order valence-electron chi connectivity index (χ4n) is 1.43. The van der Waals surface area contributed by atoms with E-state index >= 15 is 0 Å². The minimum atomic E-state index is -4.35. The third kappa shape index (κ3) is 5.51. The minimum Gasteiger partial charge on any atom is -0.354 e. The minimum absolute atomic E-state index is 0.0471. The van der Waals surface area contributed by atoms with Gasteiger partial charge in [0.05, 0.1) is 17.4 Å². The predicted molar refractivity (Wildman–Crippen MR) is 68.1 cm³/mol. The van der Waals surface area contributed by atoms with Gasteiger partial charge < -0.3 is 5.32 Å². The van der Waals surface area contributed by atoms with Crippen molar-refractivity contribution in [1.29, 1.82) is 0 Å². The fraction of sp³-hybridized carbons (Fsp3) is 0.462. The van der Waals surface area contributed by atoms with E-state index in [0.717, 1.165) is 18.6 Å². The molecule has 1 atom stereocenters. The molecule has 0 bridgehead atoms. The summed E-state index contributed by atoms with van der Waals surface area (Å²) in [5.41, 5.74) is -0.184. The number of hydrogen-bond donors (Lipinski definition) is 1. The van der Waals surface area contributed by atoms with Crippen molar-refractivity contribution in [3.05, 3.63) is 35.4 Å². The van der Waals surface area contributed by atoms with Crippen LogP contribution in [0.15, 0.2) is 24.3 Å². The van der Waals surface area contributed by atoms with Gasteiger partial charge in [0.25, 0.3) is 0 Å². The second-order valence-corrected chi connectivity index (χ2v) is 4.80. The first-order valence-electron chi connectivity index (χ1n) is 5.89. The lowest BCUT2D eigenvalue weighted by Gasteiger charge is -2.09. The van der Waals surface area contributed by atoms with Crippen LogP contribution >= 0.6 is 11.6 Å². The Morgan fingerprint density at radius 3 is 2.37 bits per heavy atom. The first-order valence-corrected chi connectivity index (χ1v) is 6.33. The van der Waals surface area contributed by atoms with E-state index in [1.54, 1.807) is 0 Å². The van der Waals surface area contributed by atoms with Gasteiger partial charge in [-0.05, 0) is 24.1 Å². The molecule has 1 rings (SSSR count). The molecule has 0 radical (unpaired) electrons. The van der Waals surface area contributed by atoms with E-state index in [9.17, 15) is 18.0 Å². The number of carbonyl (C=O) groups excluding carboxylic acids is 1. The number of nitrogens with one attached hydrogen (secondary N) is 1. The Bertz CT molecular complexity index is 417. The van der Waals surface area contributed by atoms with Gasteiger partial charge in [0.15, 0.2) is 0 Å². The van der Waals surface area contributed by atoms with Crippen molar-refractivity contribution in [3.63, 3.8) is 0 Å². The Kier molecular flexibility index (Phi) is 5.66. The lowest BCUT2D eigenvalue weighted by Crippen LogP contribution is -2.30. The van der Waals surface area contributed by atoms with Crippen molar-refractivity contribution >= 4 is 17.5 Å². The van der Waals surface area contributed by atoms with E-state index in [1.807, 2.05) is 6.92 Å². The maximum atomic E-state index is 12.3. The summed E-state index contributed by atoms with van der Waals surface area (Å²) in [4.78, 5) is 11.5. The maximum absolute atomic E-state index is 12.3. The molecule has 19 heavy (non-hydrogen) atoms. The molecule has 0 aliphatic heterocycles. The van der Waals surface area contributed by atoms with Gasteiger partial charge in [0.1, 0.15) is 0 Å². The molecule has 0 aliphatic carbocycles. The zero-order valence-corrected chi connectivity index (χ0v) is 11.2. The summed E-state index contributed by atoms with van der Waals surface area (Å²) in [6, 6.07) is 4.55. The average Bonchev–Trinajstić information content (AvgIpc) is 2.35. The Morgan fingerprint density at radius 2 is 1.89 bits per heavy atom. The van der Waals surface area contributed by atoms with Gasteiger partial charge in [-0.15, -0.1) is 11.6 Å². The monoisotopic (exact) mass is 293 g/mol. The molecule has 0 fully saturated rings. The molecule has 1 amide bonds. The van der Waals surface area contributed by atoms with Crippen LogP contribution < -0.4 is 5.32 Å². The molecule has 0 aliphatic rings. The summed E-state index contributed by atoms with van der Waals surface area (Å²) >= 11 is 5.84. The van der Waals surface area contributed by atoms with Crippen LogP contribution in [0.2, 0.25) is 0 Å². The molecule has 1 unspecified atom stereocenters. The van der Waals surface area contributed by atoms with Crippen LogP contribution in [0.1, 0.15) is 24.5 Å². The van der Waals surface area contributed by atoms with Gasteiger partial charge in [-0.1, -0.05) is 19.1 Å². The van der Waals surface area contributed by atoms with Crippen LogP contribution in [-0.4, -0.2) is 17.8 Å². The van der Waals surface area contributed by atoms with E-state index in [-0.39, 0.29) is 17.7 Å². The largest absolute Gasteiger partial charge is 0.416 e. The summed E-state index contributed by atoms with van der Waals surface area (Å²) < 4.78 is 37.0. The number of benzene rings is 1. The van der Waals surface area contributed by atoms with Gasteiger partial charge in [-0.25, -0.2) is 0 Å². The normalized spacial score (nSPS) is 13.1. The quantitative estimate of drug-likeness (QED) is 0.829. The Morgan fingerprint density at radius 1 is 1.32 bits per heavy atom. The molecule has 106 valence electrons. The van der Waals surface area contributed by atoms with Crippen molar-refractivity contribution in [1.82, 2.24) is 5.32 Å². The predicted octanol–water partition coefficient (Wildman–Crippen LogP) is 3.38. The van der Waals surface area contributed by atoms with Crippen LogP contribution in [0.5, 0.6) is 0 Å². The lowest BCUT2D eigenvalue weighted by atomic mass is 10.1. The van der Waals surface area contributed by atoms with Gasteiger partial charge >= 0.3 is 6.18 Å². The highest BCUT2D eigenvalue weighted by Crippen LogP contribution is 2.29. The van der Waals surface area contributed by atoms with Gasteiger partial charge in [-0.2, -0.15) is 13.2 Å². The highest BCUT2D eigenvalue weighted by atomic mass is 35.5. The van der Waals surface area contributed by atoms with E-state index in [1.165, 1.54) is 12.1 Å². The molecule has 1 aromatic rings. The van der Waals surface area contributed by atoms with Crippen molar-refractivity contribution in [2.45, 2.75) is 31.3 Å². The van der Waals surface area contributed by atoms with Gasteiger partial charge in [0.2, 0.25) is 5.91 Å². The molecule has 0 saturated heterocycles. The van der Waals surface area contributed by atoms with E-state index in [2.05, 4.69) is 5.32 Å². The van der Waals surface area contributed by atoms with Crippen LogP contribution in [-0.2, 0) is 17.4 Å². The Balaban J connectivity index is 2.51. The highest BCUT2D eigenvalue weighted by Gasteiger charge is 2.29. The van der Waals surface area contributed by atoms with E-state index in [4.69, 9.17) is 11.6 Å². The SMILES string of the molecule is CCC(Cl)CNC(=O)Cc1ccc(C(F)(F)F)cc1. The van der Waals surface area contributed by atoms with Crippen LogP contribution in [0, 0.1) is 0 Å². The van der Waals surface area contributed by atoms with Crippen molar-refractivity contribution in [2.75, 3.05) is 6.54 Å².